The van der Waals surface area contributed by atoms with Crippen molar-refractivity contribution >= 4 is 21.7 Å². The Kier molecular flexibility index (Phi) is 5.36. The van der Waals surface area contributed by atoms with Gasteiger partial charge in [-0.05, 0) is 31.2 Å². The molecule has 6 nitrogen and oxygen atoms in total. The maximum Gasteiger partial charge on any atom is 0.341 e. The highest BCUT2D eigenvalue weighted by molar-refractivity contribution is 7.91. The molecule has 0 unspecified atom stereocenters. The highest BCUT2D eigenvalue weighted by Gasteiger charge is 2.26. The van der Waals surface area contributed by atoms with Crippen molar-refractivity contribution in [1.82, 2.24) is 5.32 Å². The second-order valence-corrected chi connectivity index (χ2v) is 5.97. The van der Waals surface area contributed by atoms with E-state index in [4.69, 9.17) is 0 Å². The summed E-state index contributed by atoms with van der Waals surface area (Å²) < 4.78 is 51.5. The predicted octanol–water partition coefficient (Wildman–Crippen LogP) is 0.974. The van der Waals surface area contributed by atoms with Crippen molar-refractivity contribution < 1.29 is 31.5 Å². The smallest absolute Gasteiger partial charge is 0.341 e. The minimum absolute atomic E-state index is 0.0268. The molecule has 0 aromatic heterocycles. The number of amides is 1. The molecule has 0 saturated heterocycles. The van der Waals surface area contributed by atoms with Crippen LogP contribution >= 0.6 is 0 Å². The lowest BCUT2D eigenvalue weighted by Crippen LogP contribution is -2.39. The molecule has 0 saturated carbocycles. The van der Waals surface area contributed by atoms with Crippen LogP contribution in [0.25, 0.3) is 0 Å². The highest BCUT2D eigenvalue weighted by Crippen LogP contribution is 2.18. The van der Waals surface area contributed by atoms with Gasteiger partial charge in [0.05, 0.1) is 12.0 Å². The molecule has 0 aliphatic rings. The van der Waals surface area contributed by atoms with Crippen LogP contribution in [-0.4, -0.2) is 39.2 Å². The van der Waals surface area contributed by atoms with Crippen LogP contribution in [0.3, 0.4) is 0 Å². The van der Waals surface area contributed by atoms with E-state index in [-0.39, 0.29) is 5.56 Å². The first-order valence-electron chi connectivity index (χ1n) is 5.71. The molecule has 9 heteroatoms. The predicted molar refractivity (Wildman–Crippen MR) is 68.6 cm³/mol. The second kappa shape index (κ2) is 6.61. The Morgan fingerprint density at radius 2 is 1.71 bits per heavy atom. The van der Waals surface area contributed by atoms with Crippen LogP contribution in [0.5, 0.6) is 0 Å². The fourth-order valence-electron chi connectivity index (χ4n) is 1.41. The maximum absolute atomic E-state index is 12.3. The molecule has 0 radical (unpaired) electrons. The summed E-state index contributed by atoms with van der Waals surface area (Å²) in [5.74, 6) is -4.84. The molecular weight excluding hydrogens is 308 g/mol. The topological polar surface area (TPSA) is 89.5 Å². The average Bonchev–Trinajstić information content (AvgIpc) is 2.46. The lowest BCUT2D eigenvalue weighted by molar-refractivity contribution is -0.142. The number of carbonyl (C=O) groups is 2. The van der Waals surface area contributed by atoms with Crippen molar-refractivity contribution in [2.45, 2.75) is 23.6 Å². The van der Waals surface area contributed by atoms with Crippen LogP contribution in [0.2, 0.25) is 0 Å². The van der Waals surface area contributed by atoms with Crippen molar-refractivity contribution in [1.29, 1.82) is 0 Å². The highest BCUT2D eigenvalue weighted by atomic mass is 32.2. The number of halogens is 2. The third kappa shape index (κ3) is 3.97. The first-order chi connectivity index (χ1) is 9.70. The van der Waals surface area contributed by atoms with E-state index in [1.807, 2.05) is 0 Å². The van der Waals surface area contributed by atoms with Gasteiger partial charge < -0.3 is 10.1 Å². The molecular formula is C12H13F2NO5S. The molecule has 1 aromatic carbocycles. The summed E-state index contributed by atoms with van der Waals surface area (Å²) in [6.45, 7) is 1.40. The van der Waals surface area contributed by atoms with E-state index in [2.05, 4.69) is 10.1 Å². The standard InChI is InChI=1S/C12H13F2NO5S/c1-7(11(17)20-2)15-10(16)8-3-5-9(6-4-8)21(18,19)12(13)14/h3-7,12H,1-2H3,(H,15,16)/t7-/m0/s1. The fourth-order valence-corrected chi connectivity index (χ4v) is 2.14. The van der Waals surface area contributed by atoms with Crippen LogP contribution in [0, 0.1) is 0 Å². The SMILES string of the molecule is COC(=O)[C@H](C)NC(=O)c1ccc(S(=O)(=O)C(F)F)cc1. The molecule has 0 aliphatic carbocycles. The van der Waals surface area contributed by atoms with Crippen LogP contribution < -0.4 is 5.32 Å². The maximum atomic E-state index is 12.3. The Labute approximate surface area is 120 Å². The number of sulfone groups is 1. The van der Waals surface area contributed by atoms with Crippen LogP contribution in [0.4, 0.5) is 8.78 Å². The first-order valence-corrected chi connectivity index (χ1v) is 7.25. The van der Waals surface area contributed by atoms with E-state index >= 15 is 0 Å². The number of alkyl halides is 2. The van der Waals surface area contributed by atoms with Crippen molar-refractivity contribution in [3.05, 3.63) is 29.8 Å². The Balaban J connectivity index is 2.88. The first kappa shape index (κ1) is 17.0. The van der Waals surface area contributed by atoms with Crippen LogP contribution in [-0.2, 0) is 19.4 Å². The molecule has 0 spiro atoms. The Morgan fingerprint density at radius 3 is 2.14 bits per heavy atom. The van der Waals surface area contributed by atoms with E-state index < -0.39 is 38.4 Å². The van der Waals surface area contributed by atoms with E-state index in [1.54, 1.807) is 0 Å². The number of hydrogen-bond acceptors (Lipinski definition) is 5. The van der Waals surface area contributed by atoms with Gasteiger partial charge >= 0.3 is 11.7 Å². The lowest BCUT2D eigenvalue weighted by Gasteiger charge is -2.11. The van der Waals surface area contributed by atoms with Crippen LogP contribution in [0.15, 0.2) is 29.2 Å². The molecule has 1 rings (SSSR count). The monoisotopic (exact) mass is 321 g/mol. The summed E-state index contributed by atoms with van der Waals surface area (Å²) in [6.07, 6.45) is 0. The van der Waals surface area contributed by atoms with Crippen molar-refractivity contribution in [3.63, 3.8) is 0 Å². The van der Waals surface area contributed by atoms with E-state index in [1.165, 1.54) is 6.92 Å². The molecule has 0 bridgehead atoms. The van der Waals surface area contributed by atoms with Gasteiger partial charge in [0.1, 0.15) is 6.04 Å². The molecule has 1 aromatic rings. The molecule has 21 heavy (non-hydrogen) atoms. The van der Waals surface area contributed by atoms with Gasteiger partial charge in [-0.15, -0.1) is 0 Å². The minimum Gasteiger partial charge on any atom is -0.467 e. The summed E-state index contributed by atoms with van der Waals surface area (Å²) in [5, 5.41) is 2.32. The summed E-state index contributed by atoms with van der Waals surface area (Å²) >= 11 is 0. The number of nitrogens with one attached hydrogen (secondary N) is 1. The second-order valence-electron chi connectivity index (χ2n) is 4.05. The molecule has 0 aliphatic heterocycles. The van der Waals surface area contributed by atoms with Gasteiger partial charge in [-0.2, -0.15) is 8.78 Å². The molecule has 0 heterocycles. The number of benzene rings is 1. The van der Waals surface area contributed by atoms with Gasteiger partial charge in [-0.25, -0.2) is 13.2 Å². The summed E-state index contributed by atoms with van der Waals surface area (Å²) in [7, 11) is -3.54. The number of rotatable bonds is 5. The average molecular weight is 321 g/mol. The minimum atomic E-state index is -4.70. The van der Waals surface area contributed by atoms with Crippen molar-refractivity contribution in [2.75, 3.05) is 7.11 Å². The summed E-state index contributed by atoms with van der Waals surface area (Å²) in [4.78, 5) is 22.3. The van der Waals surface area contributed by atoms with Gasteiger partial charge in [0.2, 0.25) is 9.84 Å². The Morgan fingerprint density at radius 1 is 1.19 bits per heavy atom. The van der Waals surface area contributed by atoms with Crippen molar-refractivity contribution in [3.8, 4) is 0 Å². The molecule has 0 fully saturated rings. The van der Waals surface area contributed by atoms with Gasteiger partial charge in [0, 0.05) is 5.56 Å². The molecule has 116 valence electrons. The summed E-state index contributed by atoms with van der Waals surface area (Å²) in [6, 6.07) is 3.06. The number of carbonyl (C=O) groups excluding carboxylic acids is 2. The van der Waals surface area contributed by atoms with Gasteiger partial charge in [0.25, 0.3) is 5.91 Å². The molecule has 1 N–H and O–H groups in total. The Bertz CT molecular complexity index is 628. The van der Waals surface area contributed by atoms with E-state index in [0.29, 0.717) is 0 Å². The van der Waals surface area contributed by atoms with E-state index in [0.717, 1.165) is 31.4 Å². The molecule has 1 atom stereocenters. The fraction of sp³-hybridized carbons (Fsp3) is 0.333. The largest absolute Gasteiger partial charge is 0.467 e. The van der Waals surface area contributed by atoms with Gasteiger partial charge in [0.15, 0.2) is 0 Å². The zero-order chi connectivity index (χ0) is 16.2. The van der Waals surface area contributed by atoms with E-state index in [9.17, 15) is 26.8 Å². The third-order valence-corrected chi connectivity index (χ3v) is 3.98. The number of ether oxygens (including phenoxy) is 1. The third-order valence-electron chi connectivity index (χ3n) is 2.58. The molecule has 1 amide bonds. The van der Waals surface area contributed by atoms with Gasteiger partial charge in [-0.1, -0.05) is 0 Å². The van der Waals surface area contributed by atoms with Crippen LogP contribution in [0.1, 0.15) is 17.3 Å². The quantitative estimate of drug-likeness (QED) is 0.816. The number of hydrogen-bond donors (Lipinski definition) is 1. The van der Waals surface area contributed by atoms with Gasteiger partial charge in [-0.3, -0.25) is 4.79 Å². The lowest BCUT2D eigenvalue weighted by atomic mass is 10.2. The number of esters is 1. The zero-order valence-electron chi connectivity index (χ0n) is 11.2. The Hall–Kier alpha value is -2.03. The zero-order valence-corrected chi connectivity index (χ0v) is 12.0. The number of methoxy groups -OCH3 is 1. The normalized spacial score (nSPS) is 12.8. The van der Waals surface area contributed by atoms with Crippen molar-refractivity contribution in [2.24, 2.45) is 0 Å². The summed E-state index contributed by atoms with van der Waals surface area (Å²) in [5.41, 5.74) is 0.0268.